The molecule has 2 aromatic carbocycles. The van der Waals surface area contributed by atoms with Crippen LogP contribution in [0.25, 0.3) is 11.0 Å². The summed E-state index contributed by atoms with van der Waals surface area (Å²) in [5.41, 5.74) is 2.94. The first kappa shape index (κ1) is 22.0. The number of imidazole rings is 1. The van der Waals surface area contributed by atoms with Gasteiger partial charge in [0.15, 0.2) is 0 Å². The van der Waals surface area contributed by atoms with Crippen molar-refractivity contribution >= 4 is 28.3 Å². The number of likely N-dealkylation sites (tertiary alicyclic amines) is 1. The summed E-state index contributed by atoms with van der Waals surface area (Å²) in [6.45, 7) is 6.21. The monoisotopic (exact) mass is 435 g/mol. The molecule has 1 amide bonds. The van der Waals surface area contributed by atoms with Crippen LogP contribution in [0.5, 0.6) is 0 Å². The van der Waals surface area contributed by atoms with Gasteiger partial charge in [0.2, 0.25) is 0 Å². The second kappa shape index (κ2) is 9.91. The average Bonchev–Trinajstić information content (AvgIpc) is 3.14. The highest BCUT2D eigenvalue weighted by molar-refractivity contribution is 6.05. The van der Waals surface area contributed by atoms with Crippen LogP contribution < -0.4 is 5.32 Å². The molecule has 1 N–H and O–H groups in total. The fourth-order valence-electron chi connectivity index (χ4n) is 4.20. The molecule has 1 aromatic heterocycles. The van der Waals surface area contributed by atoms with Crippen molar-refractivity contribution in [3.63, 3.8) is 0 Å². The molecule has 0 atom stereocenters. The summed E-state index contributed by atoms with van der Waals surface area (Å²) in [7, 11) is 0. The molecule has 1 aliphatic heterocycles. The molecule has 0 radical (unpaired) electrons. The van der Waals surface area contributed by atoms with Crippen molar-refractivity contribution in [1.29, 1.82) is 0 Å². The molecule has 0 unspecified atom stereocenters. The minimum atomic E-state index is -0.480. The molecule has 0 spiro atoms. The first-order valence-corrected chi connectivity index (χ1v) is 11.3. The number of amides is 1. The minimum absolute atomic E-state index is 0.0400. The van der Waals surface area contributed by atoms with Gasteiger partial charge in [-0.2, -0.15) is 0 Å². The summed E-state index contributed by atoms with van der Waals surface area (Å²) in [5.74, 6) is 0.771. The molecule has 8 heteroatoms. The van der Waals surface area contributed by atoms with Crippen molar-refractivity contribution in [1.82, 2.24) is 14.5 Å². The predicted octanol–water partition coefficient (Wildman–Crippen LogP) is 4.98. The highest BCUT2D eigenvalue weighted by atomic mass is 16.6. The molecular weight excluding hydrogens is 406 g/mol. The van der Waals surface area contributed by atoms with Gasteiger partial charge in [-0.1, -0.05) is 19.8 Å². The lowest BCUT2D eigenvalue weighted by molar-refractivity contribution is -0.384. The maximum Gasteiger partial charge on any atom is 0.269 e. The van der Waals surface area contributed by atoms with E-state index in [2.05, 4.69) is 21.7 Å². The van der Waals surface area contributed by atoms with E-state index in [1.807, 2.05) is 18.2 Å². The lowest BCUT2D eigenvalue weighted by atomic mass is 10.1. The van der Waals surface area contributed by atoms with Gasteiger partial charge in [0.1, 0.15) is 5.82 Å². The van der Waals surface area contributed by atoms with Gasteiger partial charge in [-0.05, 0) is 62.7 Å². The van der Waals surface area contributed by atoms with Crippen molar-refractivity contribution in [2.45, 2.75) is 52.1 Å². The summed E-state index contributed by atoms with van der Waals surface area (Å²) < 4.78 is 2.31. The summed E-state index contributed by atoms with van der Waals surface area (Å²) in [6.07, 6.45) is 6.01. The highest BCUT2D eigenvalue weighted by Gasteiger charge is 2.17. The van der Waals surface area contributed by atoms with E-state index < -0.39 is 4.92 Å². The van der Waals surface area contributed by atoms with Gasteiger partial charge in [0, 0.05) is 29.9 Å². The van der Waals surface area contributed by atoms with Crippen LogP contribution >= 0.6 is 0 Å². The Balaban J connectivity index is 1.55. The van der Waals surface area contributed by atoms with Crippen LogP contribution in [0.1, 0.15) is 55.2 Å². The Bertz CT molecular complexity index is 1100. The standard InChI is InChI=1S/C24H29N5O3/c1-2-3-15-28-22-12-9-19(25-24(30)18-7-10-20(11-8-18)29(31)32)16-21(22)26-23(28)17-27-13-5-4-6-14-27/h7-12,16H,2-6,13-15,17H2,1H3,(H,25,30). The van der Waals surface area contributed by atoms with E-state index in [1.165, 1.54) is 43.5 Å². The number of hydrogen-bond acceptors (Lipinski definition) is 5. The summed E-state index contributed by atoms with van der Waals surface area (Å²) >= 11 is 0. The third-order valence-corrected chi connectivity index (χ3v) is 5.97. The largest absolute Gasteiger partial charge is 0.327 e. The lowest BCUT2D eigenvalue weighted by Gasteiger charge is -2.26. The SMILES string of the molecule is CCCCn1c(CN2CCCCC2)nc2cc(NC(=O)c3ccc([N+](=O)[O-])cc3)ccc21. The maximum atomic E-state index is 12.6. The molecule has 4 rings (SSSR count). The number of non-ortho nitro benzene ring substituents is 1. The third kappa shape index (κ3) is 4.96. The Kier molecular flexibility index (Phi) is 6.80. The number of carbonyl (C=O) groups is 1. The maximum absolute atomic E-state index is 12.6. The summed E-state index contributed by atoms with van der Waals surface area (Å²) in [5, 5.41) is 13.7. The molecule has 32 heavy (non-hydrogen) atoms. The zero-order chi connectivity index (χ0) is 22.5. The first-order chi connectivity index (χ1) is 15.5. The van der Waals surface area contributed by atoms with E-state index in [9.17, 15) is 14.9 Å². The van der Waals surface area contributed by atoms with Crippen LogP contribution in [0.4, 0.5) is 11.4 Å². The molecule has 1 saturated heterocycles. The molecule has 0 saturated carbocycles. The van der Waals surface area contributed by atoms with E-state index in [-0.39, 0.29) is 11.6 Å². The smallest absolute Gasteiger partial charge is 0.269 e. The molecular formula is C24H29N5O3. The molecule has 8 nitrogen and oxygen atoms in total. The number of benzene rings is 2. The van der Waals surface area contributed by atoms with Gasteiger partial charge < -0.3 is 9.88 Å². The van der Waals surface area contributed by atoms with Gasteiger partial charge >= 0.3 is 0 Å². The fourth-order valence-corrected chi connectivity index (χ4v) is 4.20. The zero-order valence-electron chi connectivity index (χ0n) is 18.4. The second-order valence-electron chi connectivity index (χ2n) is 8.33. The molecule has 168 valence electrons. The van der Waals surface area contributed by atoms with Crippen molar-refractivity contribution in [2.24, 2.45) is 0 Å². The van der Waals surface area contributed by atoms with Gasteiger partial charge in [-0.25, -0.2) is 4.98 Å². The predicted molar refractivity (Wildman–Crippen MR) is 125 cm³/mol. The minimum Gasteiger partial charge on any atom is -0.327 e. The van der Waals surface area contributed by atoms with Crippen molar-refractivity contribution in [3.8, 4) is 0 Å². The molecule has 3 aromatic rings. The Morgan fingerprint density at radius 3 is 2.56 bits per heavy atom. The van der Waals surface area contributed by atoms with Crippen LogP contribution in [-0.4, -0.2) is 38.4 Å². The van der Waals surface area contributed by atoms with Crippen LogP contribution in [0, 0.1) is 10.1 Å². The van der Waals surface area contributed by atoms with Gasteiger partial charge in [0.05, 0.1) is 22.5 Å². The Morgan fingerprint density at radius 2 is 1.88 bits per heavy atom. The average molecular weight is 436 g/mol. The van der Waals surface area contributed by atoms with Crippen molar-refractivity contribution < 1.29 is 9.72 Å². The highest BCUT2D eigenvalue weighted by Crippen LogP contribution is 2.24. The van der Waals surface area contributed by atoms with E-state index in [1.54, 1.807) is 0 Å². The van der Waals surface area contributed by atoms with Crippen LogP contribution in [-0.2, 0) is 13.1 Å². The Labute approximate surface area is 187 Å². The number of nitro groups is 1. The van der Waals surface area contributed by atoms with Gasteiger partial charge in [-0.3, -0.25) is 19.8 Å². The lowest BCUT2D eigenvalue weighted by Crippen LogP contribution is -2.30. The number of aryl methyl sites for hydroxylation is 1. The number of carbonyl (C=O) groups excluding carboxylic acids is 1. The number of fused-ring (bicyclic) bond motifs is 1. The number of nitro benzene ring substituents is 1. The molecule has 0 bridgehead atoms. The first-order valence-electron chi connectivity index (χ1n) is 11.3. The number of nitrogens with one attached hydrogen (secondary N) is 1. The molecule has 1 fully saturated rings. The zero-order valence-corrected chi connectivity index (χ0v) is 18.4. The number of unbranched alkanes of at least 4 members (excludes halogenated alkanes) is 1. The summed E-state index contributed by atoms with van der Waals surface area (Å²) in [6, 6.07) is 11.4. The quantitative estimate of drug-likeness (QED) is 0.398. The van der Waals surface area contributed by atoms with E-state index >= 15 is 0 Å². The number of nitrogens with zero attached hydrogens (tertiary/aromatic N) is 4. The molecule has 1 aliphatic rings. The number of piperidine rings is 1. The van der Waals surface area contributed by atoms with Crippen LogP contribution in [0.2, 0.25) is 0 Å². The normalized spacial score (nSPS) is 14.5. The number of aromatic nitrogens is 2. The third-order valence-electron chi connectivity index (χ3n) is 5.97. The van der Waals surface area contributed by atoms with E-state index in [0.29, 0.717) is 11.3 Å². The topological polar surface area (TPSA) is 93.3 Å². The van der Waals surface area contributed by atoms with Crippen LogP contribution in [0.3, 0.4) is 0 Å². The Morgan fingerprint density at radius 1 is 1.12 bits per heavy atom. The van der Waals surface area contributed by atoms with Gasteiger partial charge in [-0.15, -0.1) is 0 Å². The van der Waals surface area contributed by atoms with Crippen molar-refractivity contribution in [3.05, 3.63) is 64.0 Å². The van der Waals surface area contributed by atoms with E-state index in [4.69, 9.17) is 4.98 Å². The number of anilines is 1. The van der Waals surface area contributed by atoms with Crippen molar-refractivity contribution in [2.75, 3.05) is 18.4 Å². The Hall–Kier alpha value is -3.26. The fraction of sp³-hybridized carbons (Fsp3) is 0.417. The van der Waals surface area contributed by atoms with Gasteiger partial charge in [0.25, 0.3) is 11.6 Å². The second-order valence-corrected chi connectivity index (χ2v) is 8.33. The van der Waals surface area contributed by atoms with E-state index in [0.717, 1.165) is 55.9 Å². The molecule has 0 aliphatic carbocycles. The van der Waals surface area contributed by atoms with Crippen LogP contribution in [0.15, 0.2) is 42.5 Å². The summed E-state index contributed by atoms with van der Waals surface area (Å²) in [4.78, 5) is 30.3. The molecule has 2 heterocycles. The number of rotatable bonds is 8. The number of hydrogen-bond donors (Lipinski definition) is 1.